The number of halogens is 1. The van der Waals surface area contributed by atoms with Gasteiger partial charge in [-0.2, -0.15) is 0 Å². The normalized spacial score (nSPS) is 10.6. The van der Waals surface area contributed by atoms with Crippen molar-refractivity contribution in [2.24, 2.45) is 0 Å². The van der Waals surface area contributed by atoms with E-state index in [1.54, 1.807) is 19.2 Å². The van der Waals surface area contributed by atoms with Crippen LogP contribution >= 0.6 is 11.6 Å². The molecule has 0 amide bonds. The van der Waals surface area contributed by atoms with E-state index in [-0.39, 0.29) is 0 Å². The highest BCUT2D eigenvalue weighted by Crippen LogP contribution is 2.28. The van der Waals surface area contributed by atoms with Crippen LogP contribution in [0, 0.1) is 0 Å². The summed E-state index contributed by atoms with van der Waals surface area (Å²) in [4.78, 5) is 0. The lowest BCUT2D eigenvalue weighted by molar-refractivity contribution is 0.165. The van der Waals surface area contributed by atoms with E-state index in [0.29, 0.717) is 17.3 Å². The van der Waals surface area contributed by atoms with Crippen molar-refractivity contribution in [1.82, 2.24) is 0 Å². The lowest BCUT2D eigenvalue weighted by Crippen LogP contribution is -1.86. The fourth-order valence-electron chi connectivity index (χ4n) is 1.43. The summed E-state index contributed by atoms with van der Waals surface area (Å²) in [6.45, 7) is 0.461. The standard InChI is InChI=1S/C12H12ClNO2/c1-15-7-9-3-5-12(16-9)8-2-4-11(14)10(13)6-8/h2-6H,7,14H2,1H3. The molecule has 0 saturated carbocycles. The summed E-state index contributed by atoms with van der Waals surface area (Å²) in [6.07, 6.45) is 0. The van der Waals surface area contributed by atoms with E-state index in [4.69, 9.17) is 26.5 Å². The predicted molar refractivity (Wildman–Crippen MR) is 64.3 cm³/mol. The number of furan rings is 1. The highest BCUT2D eigenvalue weighted by molar-refractivity contribution is 6.33. The summed E-state index contributed by atoms with van der Waals surface area (Å²) in [5.41, 5.74) is 7.11. The Morgan fingerprint density at radius 2 is 2.12 bits per heavy atom. The van der Waals surface area contributed by atoms with Crippen LogP contribution < -0.4 is 5.73 Å². The molecule has 0 bridgehead atoms. The molecule has 2 rings (SSSR count). The molecule has 0 unspecified atom stereocenters. The van der Waals surface area contributed by atoms with Crippen LogP contribution in [0.15, 0.2) is 34.7 Å². The average molecular weight is 238 g/mol. The maximum absolute atomic E-state index is 5.94. The molecule has 0 atom stereocenters. The number of hydrogen-bond donors (Lipinski definition) is 1. The topological polar surface area (TPSA) is 48.4 Å². The number of nitrogen functional groups attached to an aromatic ring is 1. The molecule has 0 aliphatic carbocycles. The van der Waals surface area contributed by atoms with Gasteiger partial charge in [0.2, 0.25) is 0 Å². The first-order valence-electron chi connectivity index (χ1n) is 4.84. The second kappa shape index (κ2) is 4.60. The molecule has 3 nitrogen and oxygen atoms in total. The van der Waals surface area contributed by atoms with Crippen LogP contribution in [0.4, 0.5) is 5.69 Å². The summed E-state index contributed by atoms with van der Waals surface area (Å²) < 4.78 is 10.6. The van der Waals surface area contributed by atoms with Gasteiger partial charge >= 0.3 is 0 Å². The molecule has 4 heteroatoms. The van der Waals surface area contributed by atoms with Crippen LogP contribution in [0.25, 0.3) is 11.3 Å². The summed E-state index contributed by atoms with van der Waals surface area (Å²) in [6, 6.07) is 9.18. The summed E-state index contributed by atoms with van der Waals surface area (Å²) in [7, 11) is 1.63. The number of anilines is 1. The van der Waals surface area contributed by atoms with Gasteiger partial charge in [-0.05, 0) is 30.3 Å². The van der Waals surface area contributed by atoms with E-state index in [2.05, 4.69) is 0 Å². The summed E-state index contributed by atoms with van der Waals surface area (Å²) in [5, 5.41) is 0.530. The minimum Gasteiger partial charge on any atom is -0.459 e. The molecule has 2 aromatic rings. The fourth-order valence-corrected chi connectivity index (χ4v) is 1.61. The van der Waals surface area contributed by atoms with Gasteiger partial charge in [0.15, 0.2) is 0 Å². The van der Waals surface area contributed by atoms with Crippen LogP contribution in [0.2, 0.25) is 5.02 Å². The average Bonchev–Trinajstić information content (AvgIpc) is 2.71. The van der Waals surface area contributed by atoms with Gasteiger partial charge in [-0.15, -0.1) is 0 Å². The number of methoxy groups -OCH3 is 1. The molecule has 0 radical (unpaired) electrons. The predicted octanol–water partition coefficient (Wildman–Crippen LogP) is 3.33. The Labute approximate surface area is 98.8 Å². The lowest BCUT2D eigenvalue weighted by atomic mass is 10.1. The van der Waals surface area contributed by atoms with Crippen LogP contribution in [-0.4, -0.2) is 7.11 Å². The van der Waals surface area contributed by atoms with E-state index in [1.807, 2.05) is 18.2 Å². The third-order valence-electron chi connectivity index (χ3n) is 2.23. The fraction of sp³-hybridized carbons (Fsp3) is 0.167. The van der Waals surface area contributed by atoms with Crippen molar-refractivity contribution in [3.63, 3.8) is 0 Å². The monoisotopic (exact) mass is 237 g/mol. The second-order valence-electron chi connectivity index (χ2n) is 3.44. The van der Waals surface area contributed by atoms with Crippen molar-refractivity contribution in [3.8, 4) is 11.3 Å². The molecule has 1 aromatic carbocycles. The summed E-state index contributed by atoms with van der Waals surface area (Å²) in [5.74, 6) is 1.54. The highest BCUT2D eigenvalue weighted by atomic mass is 35.5. The number of nitrogens with two attached hydrogens (primary N) is 1. The van der Waals surface area contributed by atoms with Gasteiger partial charge in [0, 0.05) is 12.7 Å². The smallest absolute Gasteiger partial charge is 0.134 e. The van der Waals surface area contributed by atoms with E-state index in [9.17, 15) is 0 Å². The van der Waals surface area contributed by atoms with Crippen LogP contribution in [0.1, 0.15) is 5.76 Å². The molecule has 1 heterocycles. The van der Waals surface area contributed by atoms with Gasteiger partial charge in [-0.1, -0.05) is 11.6 Å². The van der Waals surface area contributed by atoms with Crippen molar-refractivity contribution in [1.29, 1.82) is 0 Å². The third-order valence-corrected chi connectivity index (χ3v) is 2.56. The molecule has 16 heavy (non-hydrogen) atoms. The molecule has 84 valence electrons. The zero-order valence-corrected chi connectivity index (χ0v) is 9.62. The van der Waals surface area contributed by atoms with E-state index < -0.39 is 0 Å². The molecule has 0 saturated heterocycles. The number of benzene rings is 1. The van der Waals surface area contributed by atoms with Crippen molar-refractivity contribution in [3.05, 3.63) is 41.1 Å². The maximum Gasteiger partial charge on any atom is 0.134 e. The number of rotatable bonds is 3. The number of hydrogen-bond acceptors (Lipinski definition) is 3. The molecule has 0 spiro atoms. The van der Waals surface area contributed by atoms with Crippen molar-refractivity contribution >= 4 is 17.3 Å². The van der Waals surface area contributed by atoms with E-state index in [0.717, 1.165) is 17.1 Å². The molecule has 2 N–H and O–H groups in total. The Kier molecular flexibility index (Phi) is 3.17. The molecular weight excluding hydrogens is 226 g/mol. The lowest BCUT2D eigenvalue weighted by Gasteiger charge is -2.01. The zero-order valence-electron chi connectivity index (χ0n) is 8.87. The summed E-state index contributed by atoms with van der Waals surface area (Å²) >= 11 is 5.94. The zero-order chi connectivity index (χ0) is 11.5. The van der Waals surface area contributed by atoms with Gasteiger partial charge in [-0.3, -0.25) is 0 Å². The van der Waals surface area contributed by atoms with Gasteiger partial charge in [-0.25, -0.2) is 0 Å². The van der Waals surface area contributed by atoms with Gasteiger partial charge in [0.1, 0.15) is 18.1 Å². The SMILES string of the molecule is COCc1ccc(-c2ccc(N)c(Cl)c2)o1. The molecule has 0 aliphatic heterocycles. The van der Waals surface area contributed by atoms with Gasteiger partial charge < -0.3 is 14.9 Å². The Hall–Kier alpha value is -1.45. The molecule has 0 aliphatic rings. The first-order chi connectivity index (χ1) is 7.70. The molecule has 0 fully saturated rings. The van der Waals surface area contributed by atoms with Crippen LogP contribution in [0.3, 0.4) is 0 Å². The van der Waals surface area contributed by atoms with Crippen molar-refractivity contribution in [2.45, 2.75) is 6.61 Å². The van der Waals surface area contributed by atoms with Gasteiger partial charge in [0.25, 0.3) is 0 Å². The molecular formula is C12H12ClNO2. The first kappa shape index (κ1) is 11.0. The minimum absolute atomic E-state index is 0.461. The van der Waals surface area contributed by atoms with Crippen molar-refractivity contribution < 1.29 is 9.15 Å². The molecule has 1 aromatic heterocycles. The largest absolute Gasteiger partial charge is 0.459 e. The Balaban J connectivity index is 2.31. The minimum atomic E-state index is 0.461. The maximum atomic E-state index is 5.94. The third kappa shape index (κ3) is 2.21. The Morgan fingerprint density at radius 3 is 2.81 bits per heavy atom. The Morgan fingerprint density at radius 1 is 1.31 bits per heavy atom. The van der Waals surface area contributed by atoms with E-state index in [1.165, 1.54) is 0 Å². The van der Waals surface area contributed by atoms with Crippen LogP contribution in [0.5, 0.6) is 0 Å². The van der Waals surface area contributed by atoms with E-state index >= 15 is 0 Å². The highest BCUT2D eigenvalue weighted by Gasteiger charge is 2.06. The Bertz CT molecular complexity index is 494. The second-order valence-corrected chi connectivity index (χ2v) is 3.84. The number of ether oxygens (including phenoxy) is 1. The quantitative estimate of drug-likeness (QED) is 0.833. The van der Waals surface area contributed by atoms with Gasteiger partial charge in [0.05, 0.1) is 10.7 Å². The first-order valence-corrected chi connectivity index (χ1v) is 5.21. The van der Waals surface area contributed by atoms with Crippen LogP contribution in [-0.2, 0) is 11.3 Å². The van der Waals surface area contributed by atoms with Crippen molar-refractivity contribution in [2.75, 3.05) is 12.8 Å².